The number of likely N-dealkylation sites (tertiary alicyclic amines) is 1. The molecule has 13 heteroatoms. The lowest BCUT2D eigenvalue weighted by atomic mass is 10.0. The molecule has 13 nitrogen and oxygen atoms in total. The molecule has 0 aliphatic carbocycles. The van der Waals surface area contributed by atoms with E-state index < -0.39 is 54.1 Å². The van der Waals surface area contributed by atoms with Crippen molar-refractivity contribution in [1.29, 1.82) is 0 Å². The van der Waals surface area contributed by atoms with Gasteiger partial charge in [-0.15, -0.1) is 0 Å². The van der Waals surface area contributed by atoms with Crippen LogP contribution in [0.3, 0.4) is 0 Å². The first-order valence-corrected chi connectivity index (χ1v) is 19.0. The summed E-state index contributed by atoms with van der Waals surface area (Å²) in [6.07, 6.45) is 4.56. The highest BCUT2D eigenvalue weighted by Crippen LogP contribution is 2.31. The molecule has 0 unspecified atom stereocenters. The number of aliphatic hydroxyl groups is 1. The molecule has 4 aromatic rings. The standard InChI is InChI=1S/C41H51N5O8/c1-4-5-7-11-26-15-17-28(18-16-26)33-21-29-23-46(41(51)44-38(29)54-33)35-22-32(47)34(53-35)24-52-40(50)30(20-27-12-8-6-9-13-27)43-37(48)31-14-10-19-45(31)39(49)36(42)25(2)3/h6,8-9,12-13,15-18,21,23,25,30-32,34-36,47H,4-5,7,10-11,14,19-20,22,24,42H2,1-3H3,(H,43,48)/t30-,31-,32-,34+,35+,36-/m0/s1. The van der Waals surface area contributed by atoms with Gasteiger partial charge in [-0.2, -0.15) is 4.98 Å². The van der Waals surface area contributed by atoms with Crippen LogP contribution in [-0.2, 0) is 36.7 Å². The molecule has 0 spiro atoms. The Balaban J connectivity index is 1.10. The number of carbonyl (C=O) groups excluding carboxylic acids is 3. The summed E-state index contributed by atoms with van der Waals surface area (Å²) in [5.41, 5.74) is 8.63. The van der Waals surface area contributed by atoms with Crippen LogP contribution in [0.5, 0.6) is 0 Å². The Kier molecular flexibility index (Phi) is 12.6. The number of nitrogens with one attached hydrogen (secondary N) is 1. The maximum absolute atomic E-state index is 13.6. The van der Waals surface area contributed by atoms with Crippen LogP contribution in [0.25, 0.3) is 22.4 Å². The third kappa shape index (κ3) is 9.08. The van der Waals surface area contributed by atoms with Gasteiger partial charge in [0.2, 0.25) is 17.5 Å². The lowest BCUT2D eigenvalue weighted by molar-refractivity contribution is -0.154. The Labute approximate surface area is 314 Å². The van der Waals surface area contributed by atoms with Gasteiger partial charge in [0.1, 0.15) is 36.8 Å². The number of carbonyl (C=O) groups is 3. The zero-order valence-corrected chi connectivity index (χ0v) is 31.2. The summed E-state index contributed by atoms with van der Waals surface area (Å²) < 4.78 is 18.9. The SMILES string of the molecule is CCCCCc1ccc(-c2cc3cn([C@H]4C[C@H](O)[C@@H](COC(=O)[C@H](Cc5ccccc5)NC(=O)[C@@H]5CCCN5C(=O)[C@@H](N)C(C)C)O4)c(=O)nc3o2)cc1. The molecular weight excluding hydrogens is 690 g/mol. The van der Waals surface area contributed by atoms with Crippen LogP contribution in [0.1, 0.15) is 76.7 Å². The van der Waals surface area contributed by atoms with Crippen molar-refractivity contribution >= 4 is 28.9 Å². The first kappa shape index (κ1) is 38.9. The molecule has 2 aromatic heterocycles. The van der Waals surface area contributed by atoms with E-state index in [4.69, 9.17) is 19.6 Å². The third-order valence-electron chi connectivity index (χ3n) is 10.4. The molecule has 6 rings (SSSR count). The monoisotopic (exact) mass is 741 g/mol. The average Bonchev–Trinajstić information content (AvgIpc) is 3.92. The number of furan rings is 1. The molecule has 0 bridgehead atoms. The number of fused-ring (bicyclic) bond motifs is 1. The number of aromatic nitrogens is 2. The fourth-order valence-corrected chi connectivity index (χ4v) is 7.08. The number of ether oxygens (including phenoxy) is 2. The van der Waals surface area contributed by atoms with Crippen molar-refractivity contribution in [1.82, 2.24) is 19.8 Å². The lowest BCUT2D eigenvalue weighted by Crippen LogP contribution is -2.55. The van der Waals surface area contributed by atoms with Crippen LogP contribution >= 0.6 is 0 Å². The number of amides is 2. The molecule has 2 aromatic carbocycles. The highest BCUT2D eigenvalue weighted by atomic mass is 16.6. The van der Waals surface area contributed by atoms with Gasteiger partial charge in [0.05, 0.1) is 17.5 Å². The van der Waals surface area contributed by atoms with Crippen LogP contribution in [0.15, 0.2) is 76.1 Å². The van der Waals surface area contributed by atoms with Crippen molar-refractivity contribution in [2.45, 2.75) is 109 Å². The Morgan fingerprint density at radius 3 is 2.56 bits per heavy atom. The summed E-state index contributed by atoms with van der Waals surface area (Å²) >= 11 is 0. The Hall–Kier alpha value is -4.85. The molecular formula is C41H51N5O8. The number of nitrogens with two attached hydrogens (primary N) is 1. The van der Waals surface area contributed by atoms with E-state index in [-0.39, 0.29) is 37.0 Å². The molecule has 0 radical (unpaired) electrons. The fourth-order valence-electron chi connectivity index (χ4n) is 7.08. The molecule has 2 fully saturated rings. The maximum Gasteiger partial charge on any atom is 0.353 e. The fraction of sp³-hybridized carbons (Fsp3) is 0.488. The van der Waals surface area contributed by atoms with Crippen molar-refractivity contribution in [3.8, 4) is 11.3 Å². The summed E-state index contributed by atoms with van der Waals surface area (Å²) in [6, 6.07) is 16.6. The second-order valence-electron chi connectivity index (χ2n) is 14.7. The first-order valence-electron chi connectivity index (χ1n) is 19.0. The Morgan fingerprint density at radius 2 is 1.83 bits per heavy atom. The molecule has 2 aliphatic rings. The summed E-state index contributed by atoms with van der Waals surface area (Å²) in [4.78, 5) is 59.0. The van der Waals surface area contributed by atoms with Crippen LogP contribution < -0.4 is 16.7 Å². The summed E-state index contributed by atoms with van der Waals surface area (Å²) in [7, 11) is 0. The predicted molar refractivity (Wildman–Crippen MR) is 202 cm³/mol. The van der Waals surface area contributed by atoms with Crippen LogP contribution in [-0.4, -0.2) is 80.8 Å². The van der Waals surface area contributed by atoms with Gasteiger partial charge in [-0.05, 0) is 48.8 Å². The number of hydrogen-bond donors (Lipinski definition) is 3. The van der Waals surface area contributed by atoms with Gasteiger partial charge in [0, 0.05) is 31.1 Å². The predicted octanol–water partition coefficient (Wildman–Crippen LogP) is 4.28. The van der Waals surface area contributed by atoms with E-state index in [1.807, 2.05) is 62.4 Å². The molecule has 0 saturated carbocycles. The van der Waals surface area contributed by atoms with E-state index in [1.165, 1.54) is 27.9 Å². The van der Waals surface area contributed by atoms with E-state index in [1.54, 1.807) is 6.20 Å². The minimum atomic E-state index is -1.08. The summed E-state index contributed by atoms with van der Waals surface area (Å²) in [6.45, 7) is 5.98. The number of nitrogens with zero attached hydrogens (tertiary/aromatic N) is 3. The van der Waals surface area contributed by atoms with Crippen molar-refractivity contribution in [3.05, 3.63) is 88.5 Å². The van der Waals surface area contributed by atoms with E-state index >= 15 is 0 Å². The number of aliphatic hydroxyl groups excluding tert-OH is 1. The molecule has 4 heterocycles. The minimum Gasteiger partial charge on any atom is -0.461 e. The third-order valence-corrected chi connectivity index (χ3v) is 10.4. The van der Waals surface area contributed by atoms with E-state index in [0.29, 0.717) is 30.5 Å². The Morgan fingerprint density at radius 1 is 1.07 bits per heavy atom. The Bertz CT molecular complexity index is 1960. The van der Waals surface area contributed by atoms with Gasteiger partial charge in [0.25, 0.3) is 0 Å². The van der Waals surface area contributed by atoms with Crippen LogP contribution in [0.2, 0.25) is 0 Å². The van der Waals surface area contributed by atoms with Gasteiger partial charge in [0.15, 0.2) is 0 Å². The molecule has 2 saturated heterocycles. The molecule has 288 valence electrons. The normalized spacial score (nSPS) is 21.0. The molecule has 4 N–H and O–H groups in total. The highest BCUT2D eigenvalue weighted by Gasteiger charge is 2.40. The van der Waals surface area contributed by atoms with E-state index in [0.717, 1.165) is 24.0 Å². The van der Waals surface area contributed by atoms with Crippen LogP contribution in [0, 0.1) is 5.92 Å². The summed E-state index contributed by atoms with van der Waals surface area (Å²) in [5, 5.41) is 14.3. The molecule has 2 amide bonds. The van der Waals surface area contributed by atoms with Gasteiger partial charge < -0.3 is 34.9 Å². The van der Waals surface area contributed by atoms with Crippen molar-refractivity contribution < 1.29 is 33.4 Å². The van der Waals surface area contributed by atoms with Gasteiger partial charge in [-0.3, -0.25) is 14.2 Å². The van der Waals surface area contributed by atoms with Crippen molar-refractivity contribution in [3.63, 3.8) is 0 Å². The second kappa shape index (κ2) is 17.5. The quantitative estimate of drug-likeness (QED) is 0.118. The van der Waals surface area contributed by atoms with Gasteiger partial charge in [-0.1, -0.05) is 88.2 Å². The molecule has 2 aliphatic heterocycles. The van der Waals surface area contributed by atoms with Gasteiger partial charge in [-0.25, -0.2) is 9.59 Å². The van der Waals surface area contributed by atoms with E-state index in [9.17, 15) is 24.3 Å². The molecule has 54 heavy (non-hydrogen) atoms. The van der Waals surface area contributed by atoms with Crippen molar-refractivity contribution in [2.24, 2.45) is 11.7 Å². The smallest absolute Gasteiger partial charge is 0.353 e. The molecule has 6 atom stereocenters. The van der Waals surface area contributed by atoms with Gasteiger partial charge >= 0.3 is 11.7 Å². The lowest BCUT2D eigenvalue weighted by Gasteiger charge is -2.29. The summed E-state index contributed by atoms with van der Waals surface area (Å²) in [5.74, 6) is -0.996. The largest absolute Gasteiger partial charge is 0.461 e. The number of unbranched alkanes of at least 4 members (excludes halogenated alkanes) is 2. The number of benzene rings is 2. The zero-order valence-electron chi connectivity index (χ0n) is 31.2. The number of hydrogen-bond acceptors (Lipinski definition) is 10. The number of rotatable bonds is 15. The average molecular weight is 742 g/mol. The second-order valence-corrected chi connectivity index (χ2v) is 14.7. The maximum atomic E-state index is 13.6. The van der Waals surface area contributed by atoms with Crippen LogP contribution in [0.4, 0.5) is 0 Å². The minimum absolute atomic E-state index is 0.0632. The van der Waals surface area contributed by atoms with E-state index in [2.05, 4.69) is 29.4 Å². The zero-order chi connectivity index (χ0) is 38.4. The first-order chi connectivity index (χ1) is 26.0. The number of aryl methyl sites for hydroxylation is 1. The van der Waals surface area contributed by atoms with Crippen molar-refractivity contribution in [2.75, 3.05) is 13.2 Å². The number of esters is 1. The highest BCUT2D eigenvalue weighted by molar-refractivity contribution is 5.92. The topological polar surface area (TPSA) is 179 Å².